The molecule has 2 aromatic rings. The third-order valence-corrected chi connectivity index (χ3v) is 5.85. The number of aryl methyl sites for hydroxylation is 1. The van der Waals surface area contributed by atoms with Crippen LogP contribution in [0.3, 0.4) is 0 Å². The van der Waals surface area contributed by atoms with Crippen molar-refractivity contribution in [2.24, 2.45) is 0 Å². The summed E-state index contributed by atoms with van der Waals surface area (Å²) in [6.45, 7) is 10.1. The highest BCUT2D eigenvalue weighted by Crippen LogP contribution is 2.15. The maximum atomic E-state index is 4.33. The molecule has 1 aromatic heterocycles. The zero-order valence-corrected chi connectivity index (χ0v) is 15.6. The second-order valence-corrected chi connectivity index (χ2v) is 7.52. The lowest BCUT2D eigenvalue weighted by Crippen LogP contribution is -2.48. The van der Waals surface area contributed by atoms with Crippen molar-refractivity contribution < 1.29 is 0 Å². The summed E-state index contributed by atoms with van der Waals surface area (Å²) in [6.07, 6.45) is 1.12. The van der Waals surface area contributed by atoms with Gasteiger partial charge in [-0.05, 0) is 32.5 Å². The van der Waals surface area contributed by atoms with Gasteiger partial charge >= 0.3 is 0 Å². The molecule has 0 saturated carbocycles. The van der Waals surface area contributed by atoms with Crippen molar-refractivity contribution in [2.75, 3.05) is 57.8 Å². The predicted octanol–water partition coefficient (Wildman–Crippen LogP) is 2.75. The quantitative estimate of drug-likeness (QED) is 0.770. The first-order valence-electron chi connectivity index (χ1n) is 8.82. The molecule has 0 aliphatic carbocycles. The molecule has 0 amide bonds. The maximum absolute atomic E-state index is 4.33. The largest absolute Gasteiger partial charge is 0.369 e. The van der Waals surface area contributed by atoms with Crippen LogP contribution in [0.15, 0.2) is 35.8 Å². The summed E-state index contributed by atoms with van der Waals surface area (Å²) in [6, 6.07) is 10.8. The highest BCUT2D eigenvalue weighted by molar-refractivity contribution is 7.09. The first-order chi connectivity index (χ1) is 11.7. The number of piperazine rings is 1. The number of anilines is 1. The van der Waals surface area contributed by atoms with Gasteiger partial charge in [0.2, 0.25) is 0 Å². The smallest absolute Gasteiger partial charge is 0.0797 e. The van der Waals surface area contributed by atoms with Crippen LogP contribution in [0.4, 0.5) is 5.69 Å². The zero-order valence-electron chi connectivity index (χ0n) is 14.8. The molecule has 1 aliphatic rings. The number of hydrogen-bond acceptors (Lipinski definition) is 5. The molecule has 4 nitrogen and oxygen atoms in total. The standard InChI is InChI=1S/C19H28N4S/c1-17-19(24-16-20-17)8-9-21(2)10-11-22-12-14-23(15-13-22)18-6-4-3-5-7-18/h3-7,16H,8-15H2,1-2H3. The summed E-state index contributed by atoms with van der Waals surface area (Å²) >= 11 is 1.78. The van der Waals surface area contributed by atoms with E-state index >= 15 is 0 Å². The molecule has 5 heteroatoms. The molecule has 1 fully saturated rings. The van der Waals surface area contributed by atoms with Gasteiger partial charge in [-0.3, -0.25) is 4.90 Å². The highest BCUT2D eigenvalue weighted by Gasteiger charge is 2.17. The first kappa shape index (κ1) is 17.4. The van der Waals surface area contributed by atoms with E-state index in [0.717, 1.165) is 45.7 Å². The van der Waals surface area contributed by atoms with E-state index in [1.807, 2.05) is 5.51 Å². The molecule has 0 bridgehead atoms. The SMILES string of the molecule is Cc1ncsc1CCN(C)CCN1CCN(c2ccccc2)CC1. The number of aromatic nitrogens is 1. The Morgan fingerprint density at radius 2 is 1.83 bits per heavy atom. The van der Waals surface area contributed by atoms with E-state index < -0.39 is 0 Å². The van der Waals surface area contributed by atoms with Crippen molar-refractivity contribution in [1.29, 1.82) is 0 Å². The summed E-state index contributed by atoms with van der Waals surface area (Å²) in [7, 11) is 2.23. The Morgan fingerprint density at radius 1 is 1.08 bits per heavy atom. The van der Waals surface area contributed by atoms with E-state index in [2.05, 4.69) is 64.0 Å². The van der Waals surface area contributed by atoms with Gasteiger partial charge in [0.25, 0.3) is 0 Å². The molecular weight excluding hydrogens is 316 g/mol. The predicted molar refractivity (Wildman–Crippen MR) is 103 cm³/mol. The van der Waals surface area contributed by atoms with Crippen molar-refractivity contribution in [2.45, 2.75) is 13.3 Å². The Labute approximate surface area is 149 Å². The van der Waals surface area contributed by atoms with E-state index in [-0.39, 0.29) is 0 Å². The topological polar surface area (TPSA) is 22.6 Å². The monoisotopic (exact) mass is 344 g/mol. The summed E-state index contributed by atoms with van der Waals surface area (Å²) < 4.78 is 0. The first-order valence-corrected chi connectivity index (χ1v) is 9.70. The molecular formula is C19H28N4S. The second kappa shape index (κ2) is 8.60. The Balaban J connectivity index is 1.35. The van der Waals surface area contributed by atoms with Gasteiger partial charge in [0.15, 0.2) is 0 Å². The van der Waals surface area contributed by atoms with Crippen molar-refractivity contribution >= 4 is 17.0 Å². The average Bonchev–Trinajstić information content (AvgIpc) is 3.04. The number of nitrogens with zero attached hydrogens (tertiary/aromatic N) is 4. The molecule has 0 atom stereocenters. The van der Waals surface area contributed by atoms with Crippen molar-refractivity contribution in [3.05, 3.63) is 46.4 Å². The van der Waals surface area contributed by atoms with Crippen LogP contribution >= 0.6 is 11.3 Å². The lowest BCUT2D eigenvalue weighted by Gasteiger charge is -2.36. The van der Waals surface area contributed by atoms with E-state index in [1.54, 1.807) is 11.3 Å². The molecule has 0 radical (unpaired) electrons. The minimum Gasteiger partial charge on any atom is -0.369 e. The fourth-order valence-electron chi connectivity index (χ4n) is 3.15. The van der Waals surface area contributed by atoms with Gasteiger partial charge in [-0.15, -0.1) is 11.3 Å². The second-order valence-electron chi connectivity index (χ2n) is 6.58. The fraction of sp³-hybridized carbons (Fsp3) is 0.526. The molecule has 0 N–H and O–H groups in total. The summed E-state index contributed by atoms with van der Waals surface area (Å²) in [4.78, 5) is 13.3. The maximum Gasteiger partial charge on any atom is 0.0797 e. The Bertz CT molecular complexity index is 605. The van der Waals surface area contributed by atoms with Gasteiger partial charge < -0.3 is 9.80 Å². The molecule has 130 valence electrons. The zero-order chi connectivity index (χ0) is 16.8. The fourth-order valence-corrected chi connectivity index (χ4v) is 3.92. The lowest BCUT2D eigenvalue weighted by atomic mass is 10.2. The van der Waals surface area contributed by atoms with Crippen LogP contribution in [0.2, 0.25) is 0 Å². The number of benzene rings is 1. The highest BCUT2D eigenvalue weighted by atomic mass is 32.1. The van der Waals surface area contributed by atoms with E-state index in [0.29, 0.717) is 0 Å². The van der Waals surface area contributed by atoms with E-state index in [4.69, 9.17) is 0 Å². The van der Waals surface area contributed by atoms with Crippen molar-refractivity contribution in [3.8, 4) is 0 Å². The molecule has 0 unspecified atom stereocenters. The Morgan fingerprint density at radius 3 is 2.50 bits per heavy atom. The van der Waals surface area contributed by atoms with Crippen LogP contribution in [0.25, 0.3) is 0 Å². The Hall–Kier alpha value is -1.43. The number of thiazole rings is 1. The lowest BCUT2D eigenvalue weighted by molar-refractivity contribution is 0.216. The number of para-hydroxylation sites is 1. The third-order valence-electron chi connectivity index (χ3n) is 4.86. The van der Waals surface area contributed by atoms with Crippen molar-refractivity contribution in [1.82, 2.24) is 14.8 Å². The Kier molecular flexibility index (Phi) is 6.24. The van der Waals surface area contributed by atoms with Crippen LogP contribution in [-0.2, 0) is 6.42 Å². The van der Waals surface area contributed by atoms with Gasteiger partial charge in [-0.1, -0.05) is 18.2 Å². The van der Waals surface area contributed by atoms with E-state index in [1.165, 1.54) is 22.8 Å². The van der Waals surface area contributed by atoms with Gasteiger partial charge in [0, 0.05) is 56.4 Å². The molecule has 24 heavy (non-hydrogen) atoms. The molecule has 1 saturated heterocycles. The van der Waals surface area contributed by atoms with E-state index in [9.17, 15) is 0 Å². The summed E-state index contributed by atoms with van der Waals surface area (Å²) in [5.41, 5.74) is 4.51. The van der Waals surface area contributed by atoms with Crippen LogP contribution in [0.1, 0.15) is 10.6 Å². The van der Waals surface area contributed by atoms with Crippen molar-refractivity contribution in [3.63, 3.8) is 0 Å². The normalized spacial score (nSPS) is 16.0. The van der Waals surface area contributed by atoms with Gasteiger partial charge in [-0.25, -0.2) is 4.98 Å². The third kappa shape index (κ3) is 4.79. The van der Waals surface area contributed by atoms with Crippen LogP contribution in [0.5, 0.6) is 0 Å². The van der Waals surface area contributed by atoms with Crippen LogP contribution in [-0.4, -0.2) is 67.6 Å². The van der Waals surface area contributed by atoms with Gasteiger partial charge in [0.1, 0.15) is 0 Å². The van der Waals surface area contributed by atoms with Gasteiger partial charge in [-0.2, -0.15) is 0 Å². The van der Waals surface area contributed by atoms with Gasteiger partial charge in [0.05, 0.1) is 11.2 Å². The molecule has 0 spiro atoms. The van der Waals surface area contributed by atoms with Crippen LogP contribution in [0, 0.1) is 6.92 Å². The molecule has 1 aromatic carbocycles. The minimum absolute atomic E-state index is 1.12. The summed E-state index contributed by atoms with van der Waals surface area (Å²) in [5.74, 6) is 0. The minimum atomic E-state index is 1.12. The molecule has 1 aliphatic heterocycles. The molecule has 2 heterocycles. The average molecular weight is 345 g/mol. The molecule has 3 rings (SSSR count). The number of rotatable bonds is 7. The number of hydrogen-bond donors (Lipinski definition) is 0. The summed E-state index contributed by atoms with van der Waals surface area (Å²) in [5, 5.41) is 0. The number of likely N-dealkylation sites (N-methyl/N-ethyl adjacent to an activating group) is 1. The van der Waals surface area contributed by atoms with Crippen LogP contribution < -0.4 is 4.90 Å².